The molecule has 1 saturated heterocycles. The summed E-state index contributed by atoms with van der Waals surface area (Å²) in [7, 11) is 0. The highest BCUT2D eigenvalue weighted by molar-refractivity contribution is 5.83. The van der Waals surface area contributed by atoms with Crippen molar-refractivity contribution in [3.8, 4) is 0 Å². The van der Waals surface area contributed by atoms with Gasteiger partial charge in [0, 0.05) is 18.7 Å². The summed E-state index contributed by atoms with van der Waals surface area (Å²) in [6.45, 7) is 13.8. The van der Waals surface area contributed by atoms with E-state index in [1.807, 2.05) is 37.6 Å². The van der Waals surface area contributed by atoms with E-state index in [1.165, 1.54) is 0 Å². The molecule has 1 aromatic carbocycles. The lowest BCUT2D eigenvalue weighted by atomic mass is 9.93. The summed E-state index contributed by atoms with van der Waals surface area (Å²) in [5.41, 5.74) is 3.19. The number of nitrogens with one attached hydrogen (secondary N) is 1. The minimum absolute atomic E-state index is 0.129. The number of carbonyl (C=O) groups is 1. The number of piperidine rings is 1. The van der Waals surface area contributed by atoms with E-state index in [2.05, 4.69) is 52.2 Å². The molecule has 1 aliphatic rings. The third kappa shape index (κ3) is 4.74. The molecule has 0 aliphatic carbocycles. The van der Waals surface area contributed by atoms with Crippen molar-refractivity contribution >= 4 is 16.9 Å². The Morgan fingerprint density at radius 2 is 1.94 bits per heavy atom. The van der Waals surface area contributed by atoms with Gasteiger partial charge in [0.25, 0.3) is 5.56 Å². The maximum Gasteiger partial charge on any atom is 0.309 e. The van der Waals surface area contributed by atoms with Crippen molar-refractivity contribution in [1.29, 1.82) is 0 Å². The van der Waals surface area contributed by atoms with Crippen LogP contribution < -0.4 is 5.56 Å². The Morgan fingerprint density at radius 1 is 1.23 bits per heavy atom. The second-order valence-corrected chi connectivity index (χ2v) is 10.1. The Morgan fingerprint density at radius 3 is 2.60 bits per heavy atom. The fourth-order valence-electron chi connectivity index (χ4n) is 4.84. The second-order valence-electron chi connectivity index (χ2n) is 10.1. The first-order chi connectivity index (χ1) is 16.7. The molecule has 0 unspecified atom stereocenters. The largest absolute Gasteiger partial charge is 0.466 e. The monoisotopic (exact) mass is 480 g/mol. The summed E-state index contributed by atoms with van der Waals surface area (Å²) < 4.78 is 7.10. The molecule has 3 heterocycles. The maximum atomic E-state index is 13.5. The number of esters is 1. The van der Waals surface area contributed by atoms with Gasteiger partial charge in [-0.1, -0.05) is 19.1 Å². The van der Waals surface area contributed by atoms with Crippen LogP contribution in [0.25, 0.3) is 10.9 Å². The number of pyridine rings is 1. The van der Waals surface area contributed by atoms with Crippen molar-refractivity contribution in [2.75, 3.05) is 19.7 Å². The van der Waals surface area contributed by atoms with E-state index in [-0.39, 0.29) is 23.0 Å². The first-order valence-corrected chi connectivity index (χ1v) is 12.5. The number of nitrogens with zero attached hydrogens (tertiary/aromatic N) is 5. The van der Waals surface area contributed by atoms with Crippen LogP contribution in [0.5, 0.6) is 0 Å². The van der Waals surface area contributed by atoms with E-state index in [4.69, 9.17) is 4.74 Å². The lowest BCUT2D eigenvalue weighted by molar-refractivity contribution is -0.149. The highest BCUT2D eigenvalue weighted by Gasteiger charge is 2.37. The fraction of sp³-hybridized carbons (Fsp3) is 0.577. The number of benzene rings is 1. The maximum absolute atomic E-state index is 13.5. The number of aromatic nitrogens is 5. The highest BCUT2D eigenvalue weighted by Crippen LogP contribution is 2.34. The van der Waals surface area contributed by atoms with Gasteiger partial charge in [0.1, 0.15) is 6.04 Å². The molecule has 0 amide bonds. The minimum atomic E-state index is -0.436. The van der Waals surface area contributed by atoms with Gasteiger partial charge >= 0.3 is 5.97 Å². The van der Waals surface area contributed by atoms with Crippen molar-refractivity contribution in [2.24, 2.45) is 5.92 Å². The smallest absolute Gasteiger partial charge is 0.309 e. The van der Waals surface area contributed by atoms with Crippen molar-refractivity contribution < 1.29 is 9.53 Å². The lowest BCUT2D eigenvalue weighted by Crippen LogP contribution is -2.43. The Kier molecular flexibility index (Phi) is 7.07. The molecule has 1 N–H and O–H groups in total. The van der Waals surface area contributed by atoms with Gasteiger partial charge in [-0.2, -0.15) is 0 Å². The average Bonchev–Trinajstić information content (AvgIpc) is 3.33. The summed E-state index contributed by atoms with van der Waals surface area (Å²) >= 11 is 0. The van der Waals surface area contributed by atoms with E-state index >= 15 is 0 Å². The van der Waals surface area contributed by atoms with Gasteiger partial charge in [-0.15, -0.1) is 5.10 Å². The quantitative estimate of drug-likeness (QED) is 0.515. The number of hydrogen-bond donors (Lipinski definition) is 1. The summed E-state index contributed by atoms with van der Waals surface area (Å²) in [5, 5.41) is 13.7. The first-order valence-electron chi connectivity index (χ1n) is 12.5. The number of H-pyrrole nitrogens is 1. The number of aryl methyl sites for hydroxylation is 2. The lowest BCUT2D eigenvalue weighted by Gasteiger charge is -2.37. The van der Waals surface area contributed by atoms with E-state index in [0.717, 1.165) is 28.5 Å². The molecule has 1 aliphatic heterocycles. The van der Waals surface area contributed by atoms with Crippen LogP contribution in [-0.4, -0.2) is 55.8 Å². The zero-order chi connectivity index (χ0) is 25.3. The van der Waals surface area contributed by atoms with Gasteiger partial charge in [-0.05, 0) is 86.9 Å². The third-order valence-electron chi connectivity index (χ3n) is 7.57. The molecule has 2 aromatic heterocycles. The normalized spacial score (nSPS) is 16.5. The number of tetrazole rings is 1. The summed E-state index contributed by atoms with van der Waals surface area (Å²) in [4.78, 5) is 31.2. The molecule has 35 heavy (non-hydrogen) atoms. The van der Waals surface area contributed by atoms with Gasteiger partial charge in [0.2, 0.25) is 0 Å². The van der Waals surface area contributed by atoms with E-state index in [9.17, 15) is 9.59 Å². The molecule has 0 bridgehead atoms. The molecular weight excluding hydrogens is 444 g/mol. The molecular formula is C26H36N6O3. The zero-order valence-corrected chi connectivity index (χ0v) is 21.6. The predicted octanol–water partition coefficient (Wildman–Crippen LogP) is 3.64. The van der Waals surface area contributed by atoms with Crippen LogP contribution in [0.4, 0.5) is 0 Å². The average molecular weight is 481 g/mol. The van der Waals surface area contributed by atoms with Crippen molar-refractivity contribution in [3.05, 3.63) is 51.1 Å². The van der Waals surface area contributed by atoms with Gasteiger partial charge in [0.05, 0.1) is 23.6 Å². The van der Waals surface area contributed by atoms with Crippen LogP contribution in [0.1, 0.15) is 75.5 Å². The minimum Gasteiger partial charge on any atom is -0.466 e. The number of fused-ring (bicyclic) bond motifs is 1. The Balaban J connectivity index is 1.81. The van der Waals surface area contributed by atoms with Crippen LogP contribution >= 0.6 is 0 Å². The van der Waals surface area contributed by atoms with Crippen molar-refractivity contribution in [1.82, 2.24) is 30.1 Å². The van der Waals surface area contributed by atoms with Crippen LogP contribution in [0, 0.1) is 19.8 Å². The molecule has 1 atom stereocenters. The molecule has 0 spiro atoms. The zero-order valence-electron chi connectivity index (χ0n) is 21.6. The number of likely N-dealkylation sites (tertiary alicyclic amines) is 1. The third-order valence-corrected chi connectivity index (χ3v) is 7.57. The predicted molar refractivity (Wildman–Crippen MR) is 134 cm³/mol. The number of aromatic amines is 1. The van der Waals surface area contributed by atoms with E-state index in [1.54, 1.807) is 0 Å². The second kappa shape index (κ2) is 9.89. The van der Waals surface area contributed by atoms with E-state index in [0.29, 0.717) is 43.9 Å². The Hall–Kier alpha value is -3.07. The van der Waals surface area contributed by atoms with Crippen LogP contribution in [-0.2, 0) is 15.1 Å². The van der Waals surface area contributed by atoms with Gasteiger partial charge < -0.3 is 9.72 Å². The van der Waals surface area contributed by atoms with Gasteiger partial charge in [-0.3, -0.25) is 14.5 Å². The van der Waals surface area contributed by atoms with Crippen molar-refractivity contribution in [3.63, 3.8) is 0 Å². The number of ether oxygens (including phenoxy) is 1. The molecule has 188 valence electrons. The molecule has 3 aromatic rings. The SMILES string of the molecule is CCOC(=O)C1CCN([C@H](c2cc3ccc(C)c(C)c3[nH]c2=O)c2nnnn2C(C)(C)CC)CC1. The molecule has 0 radical (unpaired) electrons. The molecule has 9 nitrogen and oxygen atoms in total. The fourth-order valence-corrected chi connectivity index (χ4v) is 4.84. The number of hydrogen-bond acceptors (Lipinski definition) is 7. The van der Waals surface area contributed by atoms with Crippen LogP contribution in [0.15, 0.2) is 23.0 Å². The highest BCUT2D eigenvalue weighted by atomic mass is 16.5. The first kappa shape index (κ1) is 25.0. The number of carbonyl (C=O) groups excluding carboxylic acids is 1. The Labute approximate surface area is 205 Å². The van der Waals surface area contributed by atoms with Crippen molar-refractivity contribution in [2.45, 2.75) is 72.4 Å². The molecule has 1 fully saturated rings. The summed E-state index contributed by atoms with van der Waals surface area (Å²) in [5.74, 6) is 0.366. The van der Waals surface area contributed by atoms with Crippen LogP contribution in [0.3, 0.4) is 0 Å². The number of rotatable bonds is 7. The van der Waals surface area contributed by atoms with Gasteiger partial charge in [0.15, 0.2) is 5.82 Å². The van der Waals surface area contributed by atoms with Gasteiger partial charge in [-0.25, -0.2) is 4.68 Å². The molecule has 4 rings (SSSR count). The topological polar surface area (TPSA) is 106 Å². The van der Waals surface area contributed by atoms with Crippen LogP contribution in [0.2, 0.25) is 0 Å². The summed E-state index contributed by atoms with van der Waals surface area (Å²) in [6, 6.07) is 5.65. The molecule has 9 heteroatoms. The summed E-state index contributed by atoms with van der Waals surface area (Å²) in [6.07, 6.45) is 2.16. The standard InChI is InChI=1S/C26H36N6O3/c1-7-26(5,6)32-23(28-29-30-32)22(31-13-11-18(12-14-31)25(34)35-8-2)20-15-19-10-9-16(3)17(4)21(19)27-24(20)33/h9-10,15,18,22H,7-8,11-14H2,1-6H3,(H,27,33)/t22-/m1/s1. The van der Waals surface area contributed by atoms with E-state index < -0.39 is 6.04 Å². The Bertz CT molecular complexity index is 1270. The molecule has 0 saturated carbocycles.